The molecule has 0 amide bonds. The molecule has 3 rings (SSSR count). The maximum atomic E-state index is 11.2. The Balaban J connectivity index is 1.67. The molecule has 2 aromatic carbocycles. The molecule has 0 aromatic heterocycles. The van der Waals surface area contributed by atoms with E-state index in [1.54, 1.807) is 0 Å². The lowest BCUT2D eigenvalue weighted by molar-refractivity contribution is 0.157. The molecule has 156 valence electrons. The van der Waals surface area contributed by atoms with E-state index < -0.39 is 7.60 Å². The summed E-state index contributed by atoms with van der Waals surface area (Å²) in [5.74, 6) is 0. The third kappa shape index (κ3) is 7.54. The lowest BCUT2D eigenvalue weighted by Crippen LogP contribution is -2.40. The van der Waals surface area contributed by atoms with Gasteiger partial charge in [-0.3, -0.25) is 9.46 Å². The lowest BCUT2D eigenvalue weighted by Gasteiger charge is -2.35. The first kappa shape index (κ1) is 21.9. The Morgan fingerprint density at radius 1 is 0.966 bits per heavy atom. The van der Waals surface area contributed by atoms with Crippen molar-refractivity contribution in [2.75, 3.05) is 6.54 Å². The smallest absolute Gasteiger partial charge is 0.328 e. The predicted molar refractivity (Wildman–Crippen MR) is 118 cm³/mol. The molecule has 0 spiro atoms. The fraction of sp³-hybridized carbons (Fsp3) is 0.391. The molecule has 0 bridgehead atoms. The van der Waals surface area contributed by atoms with Gasteiger partial charge in [0.1, 0.15) is 0 Å². The van der Waals surface area contributed by atoms with Crippen LogP contribution in [0.5, 0.6) is 0 Å². The third-order valence-corrected chi connectivity index (χ3v) is 6.28. The van der Waals surface area contributed by atoms with Crippen LogP contribution in [-0.4, -0.2) is 33.3 Å². The number of rotatable bonds is 8. The first-order chi connectivity index (χ1) is 13.9. The van der Waals surface area contributed by atoms with Gasteiger partial charge < -0.3 is 15.5 Å². The van der Waals surface area contributed by atoms with Crippen molar-refractivity contribution in [3.63, 3.8) is 0 Å². The van der Waals surface area contributed by atoms with E-state index in [0.29, 0.717) is 17.6 Å². The largest absolute Gasteiger partial charge is 0.329 e. The molecule has 0 aliphatic heterocycles. The zero-order valence-corrected chi connectivity index (χ0v) is 17.6. The summed E-state index contributed by atoms with van der Waals surface area (Å²) in [6.07, 6.45) is 8.50. The van der Waals surface area contributed by atoms with Crippen molar-refractivity contribution in [2.24, 2.45) is 5.73 Å². The Kier molecular flexibility index (Phi) is 7.82. The summed E-state index contributed by atoms with van der Waals surface area (Å²) >= 11 is 0. The van der Waals surface area contributed by atoms with E-state index in [4.69, 9.17) is 15.5 Å². The highest BCUT2D eigenvalue weighted by molar-refractivity contribution is 7.50. The van der Waals surface area contributed by atoms with Gasteiger partial charge in [-0.1, -0.05) is 66.7 Å². The summed E-state index contributed by atoms with van der Waals surface area (Å²) in [4.78, 5) is 20.8. The second-order valence-electron chi connectivity index (χ2n) is 7.95. The first-order valence-corrected chi connectivity index (χ1v) is 12.0. The van der Waals surface area contributed by atoms with Crippen LogP contribution in [0.2, 0.25) is 0 Å². The number of hydrogen-bond acceptors (Lipinski definition) is 3. The maximum absolute atomic E-state index is 11.2. The highest BCUT2D eigenvalue weighted by Crippen LogP contribution is 2.39. The standard InChI is InChI=1S/C23H31N2O3P/c24-22-12-14-23(15-13-22)25(16-4-7-19-5-2-1-3-6-19)17-20-8-10-21(11-9-20)18-29(26,27)28/h1-11,22-23H,12-18,24H2,(H2,26,27,28). The number of nitrogens with two attached hydrogens (primary N) is 1. The molecule has 6 heteroatoms. The van der Waals surface area contributed by atoms with Crippen LogP contribution < -0.4 is 5.73 Å². The van der Waals surface area contributed by atoms with Gasteiger partial charge in [0.2, 0.25) is 0 Å². The van der Waals surface area contributed by atoms with Crippen molar-refractivity contribution in [3.8, 4) is 0 Å². The topological polar surface area (TPSA) is 86.8 Å². The van der Waals surface area contributed by atoms with Crippen molar-refractivity contribution < 1.29 is 14.4 Å². The van der Waals surface area contributed by atoms with Crippen LogP contribution in [-0.2, 0) is 17.3 Å². The molecule has 1 fully saturated rings. The molecule has 1 saturated carbocycles. The lowest BCUT2D eigenvalue weighted by atomic mass is 9.90. The fourth-order valence-corrected chi connectivity index (χ4v) is 4.61. The van der Waals surface area contributed by atoms with Crippen LogP contribution in [0.3, 0.4) is 0 Å². The molecule has 2 aromatic rings. The van der Waals surface area contributed by atoms with Crippen molar-refractivity contribution in [2.45, 2.75) is 50.5 Å². The van der Waals surface area contributed by atoms with Crippen LogP contribution in [0.1, 0.15) is 42.4 Å². The summed E-state index contributed by atoms with van der Waals surface area (Å²) < 4.78 is 11.2. The van der Waals surface area contributed by atoms with E-state index in [-0.39, 0.29) is 6.16 Å². The van der Waals surface area contributed by atoms with E-state index >= 15 is 0 Å². The normalized spacial score (nSPS) is 20.4. The molecule has 1 aliphatic carbocycles. The van der Waals surface area contributed by atoms with Crippen LogP contribution in [0.25, 0.3) is 6.08 Å². The molecular formula is C23H31N2O3P. The zero-order chi connectivity index (χ0) is 20.7. The minimum atomic E-state index is -4.03. The van der Waals surface area contributed by atoms with Gasteiger partial charge in [0, 0.05) is 25.2 Å². The quantitative estimate of drug-likeness (QED) is 0.565. The number of nitrogens with zero attached hydrogens (tertiary/aromatic N) is 1. The molecule has 0 atom stereocenters. The maximum Gasteiger partial charge on any atom is 0.329 e. The van der Waals surface area contributed by atoms with E-state index in [1.165, 1.54) is 5.56 Å². The van der Waals surface area contributed by atoms with Crippen LogP contribution in [0.4, 0.5) is 0 Å². The van der Waals surface area contributed by atoms with Crippen molar-refractivity contribution >= 4 is 13.7 Å². The van der Waals surface area contributed by atoms with Gasteiger partial charge >= 0.3 is 7.60 Å². The predicted octanol–water partition coefficient (Wildman–Crippen LogP) is 4.15. The highest BCUT2D eigenvalue weighted by atomic mass is 31.2. The fourth-order valence-electron chi connectivity index (χ4n) is 3.92. The SMILES string of the molecule is NC1CCC(N(CC=Cc2ccccc2)Cc2ccc(CP(=O)(O)O)cc2)CC1. The Morgan fingerprint density at radius 2 is 1.59 bits per heavy atom. The van der Waals surface area contributed by atoms with Crippen LogP contribution in [0.15, 0.2) is 60.7 Å². The molecule has 1 aliphatic rings. The van der Waals surface area contributed by atoms with Gasteiger partial charge in [-0.25, -0.2) is 0 Å². The van der Waals surface area contributed by atoms with Gasteiger partial charge in [-0.05, 0) is 42.4 Å². The molecule has 0 saturated heterocycles. The molecule has 0 heterocycles. The van der Waals surface area contributed by atoms with Crippen molar-refractivity contribution in [1.29, 1.82) is 0 Å². The third-order valence-electron chi connectivity index (χ3n) is 5.50. The van der Waals surface area contributed by atoms with E-state index in [2.05, 4.69) is 29.2 Å². The summed E-state index contributed by atoms with van der Waals surface area (Å²) in [6.45, 7) is 1.67. The highest BCUT2D eigenvalue weighted by Gasteiger charge is 2.24. The summed E-state index contributed by atoms with van der Waals surface area (Å²) in [5, 5.41) is 0. The number of hydrogen-bond donors (Lipinski definition) is 3. The van der Waals surface area contributed by atoms with Gasteiger partial charge in [0.25, 0.3) is 0 Å². The Labute approximate surface area is 173 Å². The average molecular weight is 414 g/mol. The van der Waals surface area contributed by atoms with Crippen LogP contribution >= 0.6 is 7.60 Å². The van der Waals surface area contributed by atoms with Gasteiger partial charge in [-0.2, -0.15) is 0 Å². The number of benzene rings is 2. The first-order valence-electron chi connectivity index (χ1n) is 10.2. The molecule has 29 heavy (non-hydrogen) atoms. The zero-order valence-electron chi connectivity index (χ0n) is 16.7. The Hall–Kier alpha value is -1.75. The molecule has 0 radical (unpaired) electrons. The Morgan fingerprint density at radius 3 is 2.21 bits per heavy atom. The molecule has 5 nitrogen and oxygen atoms in total. The molecular weight excluding hydrogens is 383 g/mol. The van der Waals surface area contributed by atoms with Gasteiger partial charge in [0.15, 0.2) is 0 Å². The van der Waals surface area contributed by atoms with Gasteiger partial charge in [0.05, 0.1) is 6.16 Å². The van der Waals surface area contributed by atoms with Crippen LogP contribution in [0, 0.1) is 0 Å². The summed E-state index contributed by atoms with van der Waals surface area (Å²) in [5.41, 5.74) is 9.11. The van der Waals surface area contributed by atoms with Crippen molar-refractivity contribution in [1.82, 2.24) is 4.90 Å². The van der Waals surface area contributed by atoms with E-state index in [9.17, 15) is 4.57 Å². The monoisotopic (exact) mass is 414 g/mol. The minimum absolute atomic E-state index is 0.211. The molecule has 4 N–H and O–H groups in total. The Bertz CT molecular complexity index is 825. The van der Waals surface area contributed by atoms with Crippen molar-refractivity contribution in [3.05, 3.63) is 77.4 Å². The summed E-state index contributed by atoms with van der Waals surface area (Å²) in [7, 11) is -4.03. The average Bonchev–Trinajstić information content (AvgIpc) is 2.69. The van der Waals surface area contributed by atoms with Gasteiger partial charge in [-0.15, -0.1) is 0 Å². The second-order valence-corrected chi connectivity index (χ2v) is 9.60. The summed E-state index contributed by atoms with van der Waals surface area (Å²) in [6, 6.07) is 18.7. The second kappa shape index (κ2) is 10.3. The minimum Gasteiger partial charge on any atom is -0.328 e. The van der Waals surface area contributed by atoms with E-state index in [1.807, 2.05) is 42.5 Å². The molecule has 0 unspecified atom stereocenters. The van der Waals surface area contributed by atoms with E-state index in [0.717, 1.165) is 44.3 Å².